The Labute approximate surface area is 144 Å². The lowest BCUT2D eigenvalue weighted by atomic mass is 10.1. The maximum absolute atomic E-state index is 12.2. The second-order valence-corrected chi connectivity index (χ2v) is 6.56. The van der Waals surface area contributed by atoms with E-state index in [9.17, 15) is 14.9 Å². The summed E-state index contributed by atoms with van der Waals surface area (Å²) in [5, 5.41) is 12.4. The van der Waals surface area contributed by atoms with E-state index in [1.807, 2.05) is 36.4 Å². The zero-order chi connectivity index (χ0) is 17.7. The largest absolute Gasteiger partial charge is 0.459 e. The van der Waals surface area contributed by atoms with Gasteiger partial charge in [-0.1, -0.05) is 30.3 Å². The summed E-state index contributed by atoms with van der Waals surface area (Å²) >= 11 is 1.07. The number of nitrogens with zero attached hydrogens (tertiary/aromatic N) is 1. The molecule has 0 aliphatic carbocycles. The standard InChI is InChI=1S/C18H18N2O3S/c1-11(2)23-18(22)16-12(3)14(10-19)17(24-16)20-15(21)9-13-7-5-4-6-8-13/h4-8,11H,9H2,1-3H3,(H,20,21). The maximum atomic E-state index is 12.2. The van der Waals surface area contributed by atoms with Crippen molar-refractivity contribution in [2.24, 2.45) is 0 Å². The molecule has 124 valence electrons. The van der Waals surface area contributed by atoms with Gasteiger partial charge in [0.15, 0.2) is 0 Å². The number of esters is 1. The number of benzene rings is 1. The minimum atomic E-state index is -0.479. The molecular formula is C18H18N2O3S. The summed E-state index contributed by atoms with van der Waals surface area (Å²) < 4.78 is 5.18. The minimum Gasteiger partial charge on any atom is -0.459 e. The molecule has 0 radical (unpaired) electrons. The molecule has 2 rings (SSSR count). The van der Waals surface area contributed by atoms with Gasteiger partial charge in [0.1, 0.15) is 15.9 Å². The van der Waals surface area contributed by atoms with E-state index in [-0.39, 0.29) is 18.4 Å². The number of anilines is 1. The van der Waals surface area contributed by atoms with Crippen LogP contribution in [-0.2, 0) is 16.0 Å². The number of ether oxygens (including phenoxy) is 1. The van der Waals surface area contributed by atoms with Gasteiger partial charge in [0.05, 0.1) is 18.1 Å². The molecular weight excluding hydrogens is 324 g/mol. The van der Waals surface area contributed by atoms with Crippen LogP contribution in [0.4, 0.5) is 5.00 Å². The van der Waals surface area contributed by atoms with E-state index >= 15 is 0 Å². The molecule has 0 aliphatic heterocycles. The summed E-state index contributed by atoms with van der Waals surface area (Å²) in [5.41, 5.74) is 1.71. The molecule has 1 N–H and O–H groups in total. The first-order chi connectivity index (χ1) is 11.4. The van der Waals surface area contributed by atoms with E-state index in [0.29, 0.717) is 21.0 Å². The number of hydrogen-bond donors (Lipinski definition) is 1. The fraction of sp³-hybridized carbons (Fsp3) is 0.278. The first kappa shape index (κ1) is 17.7. The molecule has 2 aromatic rings. The zero-order valence-corrected chi connectivity index (χ0v) is 14.6. The summed E-state index contributed by atoms with van der Waals surface area (Å²) in [6.07, 6.45) is -0.0466. The minimum absolute atomic E-state index is 0.203. The van der Waals surface area contributed by atoms with Gasteiger partial charge in [-0.25, -0.2) is 4.79 Å². The molecule has 1 aromatic heterocycles. The molecule has 0 fully saturated rings. The fourth-order valence-electron chi connectivity index (χ4n) is 2.15. The predicted molar refractivity (Wildman–Crippen MR) is 93.1 cm³/mol. The van der Waals surface area contributed by atoms with E-state index in [2.05, 4.69) is 5.32 Å². The lowest BCUT2D eigenvalue weighted by molar-refractivity contribution is -0.115. The van der Waals surface area contributed by atoms with E-state index < -0.39 is 5.97 Å². The van der Waals surface area contributed by atoms with Crippen molar-refractivity contribution in [3.05, 3.63) is 51.9 Å². The molecule has 0 aliphatic rings. The van der Waals surface area contributed by atoms with Crippen molar-refractivity contribution in [2.45, 2.75) is 33.3 Å². The van der Waals surface area contributed by atoms with E-state index in [1.54, 1.807) is 20.8 Å². The topological polar surface area (TPSA) is 79.2 Å². The van der Waals surface area contributed by atoms with Crippen molar-refractivity contribution < 1.29 is 14.3 Å². The number of nitrogens with one attached hydrogen (secondary N) is 1. The molecule has 0 unspecified atom stereocenters. The van der Waals surface area contributed by atoms with Crippen LogP contribution in [0.25, 0.3) is 0 Å². The molecule has 6 heteroatoms. The van der Waals surface area contributed by atoms with Crippen LogP contribution in [0.1, 0.15) is 40.2 Å². The zero-order valence-electron chi connectivity index (χ0n) is 13.8. The summed E-state index contributed by atoms with van der Waals surface area (Å²) in [5.74, 6) is -0.713. The molecule has 24 heavy (non-hydrogen) atoms. The van der Waals surface area contributed by atoms with Gasteiger partial charge in [-0.15, -0.1) is 11.3 Å². The number of nitriles is 1. The summed E-state index contributed by atoms with van der Waals surface area (Å²) in [7, 11) is 0. The molecule has 5 nitrogen and oxygen atoms in total. The maximum Gasteiger partial charge on any atom is 0.348 e. The van der Waals surface area contributed by atoms with Gasteiger partial charge in [0.25, 0.3) is 0 Å². The summed E-state index contributed by atoms with van der Waals surface area (Å²) in [4.78, 5) is 24.6. The van der Waals surface area contributed by atoms with Crippen LogP contribution < -0.4 is 5.32 Å². The molecule has 0 saturated heterocycles. The number of rotatable bonds is 5. The summed E-state index contributed by atoms with van der Waals surface area (Å²) in [6.45, 7) is 5.20. The lowest BCUT2D eigenvalue weighted by Crippen LogP contribution is -2.14. The van der Waals surface area contributed by atoms with Gasteiger partial charge in [-0.2, -0.15) is 5.26 Å². The fourth-order valence-corrected chi connectivity index (χ4v) is 3.21. The monoisotopic (exact) mass is 342 g/mol. The van der Waals surface area contributed by atoms with Crippen molar-refractivity contribution in [3.8, 4) is 6.07 Å². The van der Waals surface area contributed by atoms with Gasteiger partial charge in [0.2, 0.25) is 5.91 Å². The van der Waals surface area contributed by atoms with Gasteiger partial charge < -0.3 is 10.1 Å². The third kappa shape index (κ3) is 4.21. The third-order valence-corrected chi connectivity index (χ3v) is 4.43. The number of amides is 1. The van der Waals surface area contributed by atoms with Crippen LogP contribution in [0.2, 0.25) is 0 Å². The Morgan fingerprint density at radius 1 is 1.29 bits per heavy atom. The van der Waals surface area contributed by atoms with E-state index in [0.717, 1.165) is 16.9 Å². The SMILES string of the molecule is Cc1c(C(=O)OC(C)C)sc(NC(=O)Cc2ccccc2)c1C#N. The van der Waals surface area contributed by atoms with Crippen LogP contribution in [-0.4, -0.2) is 18.0 Å². The van der Waals surface area contributed by atoms with Crippen LogP contribution in [0.3, 0.4) is 0 Å². The number of carbonyl (C=O) groups is 2. The number of thiophene rings is 1. The van der Waals surface area contributed by atoms with Crippen LogP contribution in [0.5, 0.6) is 0 Å². The number of hydrogen-bond acceptors (Lipinski definition) is 5. The highest BCUT2D eigenvalue weighted by Gasteiger charge is 2.23. The van der Waals surface area contributed by atoms with Gasteiger partial charge >= 0.3 is 5.97 Å². The van der Waals surface area contributed by atoms with Gasteiger partial charge in [-0.3, -0.25) is 4.79 Å². The third-order valence-electron chi connectivity index (χ3n) is 3.25. The van der Waals surface area contributed by atoms with Gasteiger partial charge in [0, 0.05) is 0 Å². The Bertz CT molecular complexity index is 789. The first-order valence-corrected chi connectivity index (χ1v) is 8.32. The molecule has 0 spiro atoms. The highest BCUT2D eigenvalue weighted by molar-refractivity contribution is 7.18. The highest BCUT2D eigenvalue weighted by atomic mass is 32.1. The normalized spacial score (nSPS) is 10.3. The molecule has 1 aromatic carbocycles. The Hall–Kier alpha value is -2.65. The highest BCUT2D eigenvalue weighted by Crippen LogP contribution is 2.33. The predicted octanol–water partition coefficient (Wildman–Crippen LogP) is 3.67. The Balaban J connectivity index is 2.19. The van der Waals surface area contributed by atoms with Crippen molar-refractivity contribution in [1.29, 1.82) is 5.26 Å². The van der Waals surface area contributed by atoms with Crippen LogP contribution >= 0.6 is 11.3 Å². The van der Waals surface area contributed by atoms with Crippen molar-refractivity contribution in [2.75, 3.05) is 5.32 Å². The van der Waals surface area contributed by atoms with Crippen molar-refractivity contribution >= 4 is 28.2 Å². The molecule has 1 heterocycles. The molecule has 0 saturated carbocycles. The smallest absolute Gasteiger partial charge is 0.348 e. The summed E-state index contributed by atoms with van der Waals surface area (Å²) in [6, 6.07) is 11.4. The Morgan fingerprint density at radius 2 is 1.96 bits per heavy atom. The second kappa shape index (κ2) is 7.75. The Morgan fingerprint density at radius 3 is 2.54 bits per heavy atom. The second-order valence-electron chi connectivity index (χ2n) is 5.54. The average molecular weight is 342 g/mol. The van der Waals surface area contributed by atoms with Crippen molar-refractivity contribution in [3.63, 3.8) is 0 Å². The van der Waals surface area contributed by atoms with E-state index in [4.69, 9.17) is 4.74 Å². The van der Waals surface area contributed by atoms with Crippen LogP contribution in [0, 0.1) is 18.3 Å². The van der Waals surface area contributed by atoms with Crippen LogP contribution in [0.15, 0.2) is 30.3 Å². The Kier molecular flexibility index (Phi) is 5.72. The molecule has 0 atom stereocenters. The quantitative estimate of drug-likeness (QED) is 0.841. The molecule has 1 amide bonds. The number of carbonyl (C=O) groups excluding carboxylic acids is 2. The van der Waals surface area contributed by atoms with Crippen molar-refractivity contribution in [1.82, 2.24) is 0 Å². The van der Waals surface area contributed by atoms with Gasteiger partial charge in [-0.05, 0) is 31.9 Å². The average Bonchev–Trinajstić information content (AvgIpc) is 2.83. The first-order valence-electron chi connectivity index (χ1n) is 7.50. The molecule has 0 bridgehead atoms. The lowest BCUT2D eigenvalue weighted by Gasteiger charge is -2.06. The van der Waals surface area contributed by atoms with E-state index in [1.165, 1.54) is 0 Å².